The molecule has 0 radical (unpaired) electrons. The Morgan fingerprint density at radius 2 is 2.21 bits per heavy atom. The topological polar surface area (TPSA) is 88.1 Å². The van der Waals surface area contributed by atoms with Gasteiger partial charge in [-0.3, -0.25) is 0 Å². The monoisotopic (exact) mass is 294 g/mol. The largest absolute Gasteiger partial charge is 0.396 e. The van der Waals surface area contributed by atoms with Gasteiger partial charge in [-0.25, -0.2) is 0 Å². The zero-order chi connectivity index (χ0) is 13.7. The molecule has 2 heterocycles. The highest BCUT2D eigenvalue weighted by Crippen LogP contribution is 2.17. The highest BCUT2D eigenvalue weighted by molar-refractivity contribution is 7.87. The van der Waals surface area contributed by atoms with E-state index in [4.69, 9.17) is 14.6 Å². The molecule has 0 spiro atoms. The maximum atomic E-state index is 12.1. The third kappa shape index (κ3) is 4.37. The van der Waals surface area contributed by atoms with E-state index in [0.717, 1.165) is 12.8 Å². The van der Waals surface area contributed by atoms with Crippen molar-refractivity contribution in [2.45, 2.75) is 18.9 Å². The van der Waals surface area contributed by atoms with E-state index in [1.54, 1.807) is 0 Å². The molecule has 0 aromatic carbocycles. The Morgan fingerprint density at radius 3 is 2.89 bits per heavy atom. The number of hydrogen-bond donors (Lipinski definition) is 2. The van der Waals surface area contributed by atoms with Crippen molar-refractivity contribution in [2.24, 2.45) is 5.92 Å². The van der Waals surface area contributed by atoms with Gasteiger partial charge < -0.3 is 14.6 Å². The standard InChI is InChI=1S/C11H22N2O5S/c14-8-10-2-1-3-13(7-10)19(15,16)12-6-11-9-17-4-5-18-11/h10-12,14H,1-9H2. The lowest BCUT2D eigenvalue weighted by Crippen LogP contribution is -2.49. The molecule has 2 aliphatic rings. The predicted molar refractivity (Wildman–Crippen MR) is 68.9 cm³/mol. The molecule has 7 nitrogen and oxygen atoms in total. The Morgan fingerprint density at radius 1 is 1.37 bits per heavy atom. The van der Waals surface area contributed by atoms with Crippen LogP contribution in [0.4, 0.5) is 0 Å². The van der Waals surface area contributed by atoms with E-state index in [2.05, 4.69) is 4.72 Å². The number of ether oxygens (including phenoxy) is 2. The number of nitrogens with one attached hydrogen (secondary N) is 1. The smallest absolute Gasteiger partial charge is 0.279 e. The van der Waals surface area contributed by atoms with Gasteiger partial charge in [0, 0.05) is 26.2 Å². The van der Waals surface area contributed by atoms with Crippen molar-refractivity contribution in [3.63, 3.8) is 0 Å². The van der Waals surface area contributed by atoms with E-state index in [-0.39, 0.29) is 25.2 Å². The van der Waals surface area contributed by atoms with Crippen LogP contribution in [0.5, 0.6) is 0 Å². The van der Waals surface area contributed by atoms with Crippen LogP contribution in [0, 0.1) is 5.92 Å². The molecule has 2 atom stereocenters. The van der Waals surface area contributed by atoms with Crippen LogP contribution in [0.3, 0.4) is 0 Å². The summed E-state index contributed by atoms with van der Waals surface area (Å²) in [6.45, 7) is 2.63. The van der Waals surface area contributed by atoms with Crippen LogP contribution in [0.25, 0.3) is 0 Å². The lowest BCUT2D eigenvalue weighted by Gasteiger charge is -2.31. The first-order valence-electron chi connectivity index (χ1n) is 6.67. The minimum atomic E-state index is -3.49. The molecule has 2 rings (SSSR count). The van der Waals surface area contributed by atoms with E-state index < -0.39 is 10.2 Å². The van der Waals surface area contributed by atoms with E-state index in [1.807, 2.05) is 0 Å². The normalized spacial score (nSPS) is 30.4. The Balaban J connectivity index is 1.83. The maximum Gasteiger partial charge on any atom is 0.279 e. The van der Waals surface area contributed by atoms with Gasteiger partial charge >= 0.3 is 0 Å². The fraction of sp³-hybridized carbons (Fsp3) is 1.00. The summed E-state index contributed by atoms with van der Waals surface area (Å²) < 4.78 is 38.8. The fourth-order valence-electron chi connectivity index (χ4n) is 2.34. The Labute approximate surface area is 114 Å². The maximum absolute atomic E-state index is 12.1. The molecule has 0 aliphatic carbocycles. The van der Waals surface area contributed by atoms with Crippen LogP contribution in [-0.4, -0.2) is 70.0 Å². The molecule has 0 saturated carbocycles. The average molecular weight is 294 g/mol. The molecule has 19 heavy (non-hydrogen) atoms. The molecule has 2 aliphatic heterocycles. The minimum Gasteiger partial charge on any atom is -0.396 e. The van der Waals surface area contributed by atoms with Crippen LogP contribution in [0.1, 0.15) is 12.8 Å². The third-order valence-corrected chi connectivity index (χ3v) is 5.00. The van der Waals surface area contributed by atoms with E-state index >= 15 is 0 Å². The van der Waals surface area contributed by atoms with Crippen LogP contribution in [0.2, 0.25) is 0 Å². The highest BCUT2D eigenvalue weighted by Gasteiger charge is 2.29. The van der Waals surface area contributed by atoms with Gasteiger partial charge in [-0.2, -0.15) is 17.4 Å². The van der Waals surface area contributed by atoms with Crippen LogP contribution < -0.4 is 4.72 Å². The third-order valence-electron chi connectivity index (χ3n) is 3.46. The second-order valence-electron chi connectivity index (χ2n) is 4.97. The molecular weight excluding hydrogens is 272 g/mol. The first kappa shape index (κ1) is 15.1. The Bertz CT molecular complexity index is 369. The Kier molecular flexibility index (Phi) is 5.55. The highest BCUT2D eigenvalue weighted by atomic mass is 32.2. The number of nitrogens with zero attached hydrogens (tertiary/aromatic N) is 1. The lowest BCUT2D eigenvalue weighted by atomic mass is 10.0. The molecule has 0 amide bonds. The number of piperidine rings is 1. The summed E-state index contributed by atoms with van der Waals surface area (Å²) in [5.41, 5.74) is 0. The molecule has 2 fully saturated rings. The molecule has 112 valence electrons. The van der Waals surface area contributed by atoms with Gasteiger partial charge in [0.15, 0.2) is 0 Å². The van der Waals surface area contributed by atoms with Crippen LogP contribution in [-0.2, 0) is 19.7 Å². The zero-order valence-electron chi connectivity index (χ0n) is 11.0. The molecule has 0 aromatic rings. The molecule has 8 heteroatoms. The summed E-state index contributed by atoms with van der Waals surface area (Å²) in [4.78, 5) is 0. The van der Waals surface area contributed by atoms with Crippen molar-refractivity contribution >= 4 is 10.2 Å². The Hall–Kier alpha value is -0.250. The van der Waals surface area contributed by atoms with Crippen molar-refractivity contribution in [2.75, 3.05) is 46.1 Å². The summed E-state index contributed by atoms with van der Waals surface area (Å²) in [6, 6.07) is 0. The molecule has 0 aromatic heterocycles. The summed E-state index contributed by atoms with van der Waals surface area (Å²) in [7, 11) is -3.49. The summed E-state index contributed by atoms with van der Waals surface area (Å²) in [5, 5.41) is 9.13. The number of rotatable bonds is 5. The molecule has 2 unspecified atom stereocenters. The first-order chi connectivity index (χ1) is 9.12. The predicted octanol–water partition coefficient (Wildman–Crippen LogP) is -1.06. The van der Waals surface area contributed by atoms with Gasteiger partial charge in [0.05, 0.1) is 25.9 Å². The molecule has 0 bridgehead atoms. The lowest BCUT2D eigenvalue weighted by molar-refractivity contribution is -0.0848. The SMILES string of the molecule is O=S(=O)(NCC1COCCO1)N1CCCC(CO)C1. The van der Waals surface area contributed by atoms with Crippen molar-refractivity contribution in [1.82, 2.24) is 9.03 Å². The van der Waals surface area contributed by atoms with E-state index in [1.165, 1.54) is 4.31 Å². The second-order valence-corrected chi connectivity index (χ2v) is 6.73. The zero-order valence-corrected chi connectivity index (χ0v) is 11.8. The average Bonchev–Trinajstić information content (AvgIpc) is 2.46. The first-order valence-corrected chi connectivity index (χ1v) is 8.11. The van der Waals surface area contributed by atoms with Crippen LogP contribution in [0.15, 0.2) is 0 Å². The molecular formula is C11H22N2O5S. The fourth-order valence-corrected chi connectivity index (χ4v) is 3.69. The van der Waals surface area contributed by atoms with Crippen LogP contribution >= 0.6 is 0 Å². The van der Waals surface area contributed by atoms with Gasteiger partial charge in [-0.05, 0) is 18.8 Å². The number of aliphatic hydroxyl groups is 1. The van der Waals surface area contributed by atoms with E-state index in [9.17, 15) is 8.42 Å². The molecule has 2 N–H and O–H groups in total. The van der Waals surface area contributed by atoms with Gasteiger partial charge in [0.1, 0.15) is 0 Å². The minimum absolute atomic E-state index is 0.0333. The van der Waals surface area contributed by atoms with Crippen molar-refractivity contribution in [3.05, 3.63) is 0 Å². The number of aliphatic hydroxyl groups excluding tert-OH is 1. The van der Waals surface area contributed by atoms with Crippen molar-refractivity contribution in [3.8, 4) is 0 Å². The number of hydrogen-bond acceptors (Lipinski definition) is 5. The van der Waals surface area contributed by atoms with Gasteiger partial charge in [-0.1, -0.05) is 0 Å². The van der Waals surface area contributed by atoms with E-state index in [0.29, 0.717) is 32.9 Å². The second kappa shape index (κ2) is 6.96. The molecule has 2 saturated heterocycles. The van der Waals surface area contributed by atoms with Gasteiger partial charge in [-0.15, -0.1) is 0 Å². The van der Waals surface area contributed by atoms with Gasteiger partial charge in [0.25, 0.3) is 10.2 Å². The van der Waals surface area contributed by atoms with Crippen molar-refractivity contribution < 1.29 is 23.0 Å². The summed E-state index contributed by atoms with van der Waals surface area (Å²) in [6.07, 6.45) is 1.44. The van der Waals surface area contributed by atoms with Gasteiger partial charge in [0.2, 0.25) is 0 Å². The van der Waals surface area contributed by atoms with Crippen molar-refractivity contribution in [1.29, 1.82) is 0 Å². The summed E-state index contributed by atoms with van der Waals surface area (Å²) >= 11 is 0. The quantitative estimate of drug-likeness (QED) is 0.675. The summed E-state index contributed by atoms with van der Waals surface area (Å²) in [5.74, 6) is 0.0413.